The van der Waals surface area contributed by atoms with Gasteiger partial charge in [0, 0.05) is 11.1 Å². The summed E-state index contributed by atoms with van der Waals surface area (Å²) in [4.78, 5) is 0. The van der Waals surface area contributed by atoms with Crippen LogP contribution in [0.25, 0.3) is 0 Å². The first-order chi connectivity index (χ1) is 8.76. The summed E-state index contributed by atoms with van der Waals surface area (Å²) in [6.45, 7) is 5.49. The van der Waals surface area contributed by atoms with Crippen LogP contribution in [0.4, 0.5) is 0 Å². The Bertz CT molecular complexity index is 377. The van der Waals surface area contributed by atoms with Gasteiger partial charge in [0.15, 0.2) is 0 Å². The fourth-order valence-electron chi connectivity index (χ4n) is 3.26. The van der Waals surface area contributed by atoms with Crippen molar-refractivity contribution in [2.45, 2.75) is 45.6 Å². The molecule has 3 atom stereocenters. The quantitative estimate of drug-likeness (QED) is 0.805. The van der Waals surface area contributed by atoms with E-state index in [9.17, 15) is 0 Å². The van der Waals surface area contributed by atoms with Gasteiger partial charge < -0.3 is 5.32 Å². The third-order valence-corrected chi connectivity index (χ3v) is 4.64. The molecule has 1 saturated carbocycles. The highest BCUT2D eigenvalue weighted by molar-refractivity contribution is 6.31. The molecular weight excluding hydrogens is 242 g/mol. The Morgan fingerprint density at radius 2 is 2.06 bits per heavy atom. The van der Waals surface area contributed by atoms with E-state index >= 15 is 0 Å². The van der Waals surface area contributed by atoms with E-state index in [1.807, 2.05) is 12.1 Å². The lowest BCUT2D eigenvalue weighted by atomic mass is 9.90. The van der Waals surface area contributed by atoms with Crippen LogP contribution in [0.5, 0.6) is 0 Å². The minimum absolute atomic E-state index is 0.431. The third kappa shape index (κ3) is 3.07. The standard InChI is InChI=1S/C16H24ClN/c1-3-12-9-10-13(11-12)16(18-4-2)14-7-5-6-8-15(14)17/h5-8,12-13,16,18H,3-4,9-11H2,1-2H3. The average Bonchev–Trinajstić information content (AvgIpc) is 2.85. The molecule has 1 nitrogen and oxygen atoms in total. The van der Waals surface area contributed by atoms with Gasteiger partial charge in [0.25, 0.3) is 0 Å². The summed E-state index contributed by atoms with van der Waals surface area (Å²) in [5.74, 6) is 1.66. The van der Waals surface area contributed by atoms with Crippen molar-refractivity contribution in [3.05, 3.63) is 34.9 Å². The maximum absolute atomic E-state index is 6.36. The first kappa shape index (κ1) is 13.9. The SMILES string of the molecule is CCNC(c1ccccc1Cl)C1CCC(CC)C1. The van der Waals surface area contributed by atoms with E-state index in [0.29, 0.717) is 6.04 Å². The van der Waals surface area contributed by atoms with Crippen LogP contribution in [0.1, 0.15) is 51.1 Å². The Labute approximate surface area is 116 Å². The molecule has 0 amide bonds. The normalized spacial score (nSPS) is 25.3. The van der Waals surface area contributed by atoms with Crippen LogP contribution in [0.3, 0.4) is 0 Å². The highest BCUT2D eigenvalue weighted by Gasteiger charge is 2.31. The molecule has 3 unspecified atom stereocenters. The van der Waals surface area contributed by atoms with Gasteiger partial charge in [-0.05, 0) is 42.9 Å². The van der Waals surface area contributed by atoms with Crippen molar-refractivity contribution >= 4 is 11.6 Å². The summed E-state index contributed by atoms with van der Waals surface area (Å²) in [5, 5.41) is 4.55. The molecule has 0 bridgehead atoms. The number of hydrogen-bond donors (Lipinski definition) is 1. The van der Waals surface area contributed by atoms with Gasteiger partial charge in [-0.15, -0.1) is 0 Å². The second kappa shape index (κ2) is 6.58. The summed E-state index contributed by atoms with van der Waals surface area (Å²) in [5.41, 5.74) is 1.28. The molecule has 1 fully saturated rings. The van der Waals surface area contributed by atoms with E-state index < -0.39 is 0 Å². The van der Waals surface area contributed by atoms with E-state index in [2.05, 4.69) is 31.3 Å². The third-order valence-electron chi connectivity index (χ3n) is 4.29. The average molecular weight is 266 g/mol. The molecule has 1 aromatic rings. The van der Waals surface area contributed by atoms with Crippen LogP contribution in [0.15, 0.2) is 24.3 Å². The maximum Gasteiger partial charge on any atom is 0.0453 e. The van der Waals surface area contributed by atoms with Crippen LogP contribution >= 0.6 is 11.6 Å². The van der Waals surface area contributed by atoms with Gasteiger partial charge in [0.05, 0.1) is 0 Å². The topological polar surface area (TPSA) is 12.0 Å². The lowest BCUT2D eigenvalue weighted by Gasteiger charge is -2.26. The van der Waals surface area contributed by atoms with Gasteiger partial charge >= 0.3 is 0 Å². The van der Waals surface area contributed by atoms with E-state index in [1.54, 1.807) is 0 Å². The van der Waals surface area contributed by atoms with E-state index in [-0.39, 0.29) is 0 Å². The molecule has 1 aliphatic carbocycles. The highest BCUT2D eigenvalue weighted by Crippen LogP contribution is 2.41. The predicted octanol–water partition coefficient (Wildman–Crippen LogP) is 4.82. The van der Waals surface area contributed by atoms with Gasteiger partial charge in [-0.1, -0.05) is 56.5 Å². The smallest absolute Gasteiger partial charge is 0.0453 e. The number of benzene rings is 1. The van der Waals surface area contributed by atoms with Crippen molar-refractivity contribution in [2.24, 2.45) is 11.8 Å². The molecule has 0 aliphatic heterocycles. The molecule has 2 heteroatoms. The molecule has 0 heterocycles. The first-order valence-electron chi connectivity index (χ1n) is 7.24. The van der Waals surface area contributed by atoms with E-state index in [0.717, 1.165) is 23.4 Å². The fourth-order valence-corrected chi connectivity index (χ4v) is 3.52. The molecular formula is C16H24ClN. The zero-order valence-electron chi connectivity index (χ0n) is 11.5. The maximum atomic E-state index is 6.36. The van der Waals surface area contributed by atoms with Gasteiger partial charge in [-0.2, -0.15) is 0 Å². The molecule has 0 radical (unpaired) electrons. The largest absolute Gasteiger partial charge is 0.310 e. The first-order valence-corrected chi connectivity index (χ1v) is 7.61. The molecule has 0 spiro atoms. The highest BCUT2D eigenvalue weighted by atomic mass is 35.5. The Balaban J connectivity index is 2.16. The van der Waals surface area contributed by atoms with Gasteiger partial charge in [-0.3, -0.25) is 0 Å². The van der Waals surface area contributed by atoms with Crippen LogP contribution in [0, 0.1) is 11.8 Å². The Kier molecular flexibility index (Phi) is 5.08. The minimum Gasteiger partial charge on any atom is -0.310 e. The molecule has 18 heavy (non-hydrogen) atoms. The van der Waals surface area contributed by atoms with Crippen molar-refractivity contribution < 1.29 is 0 Å². The monoisotopic (exact) mass is 265 g/mol. The summed E-state index contributed by atoms with van der Waals surface area (Å²) in [6.07, 6.45) is 5.38. The van der Waals surface area contributed by atoms with Crippen LogP contribution in [0.2, 0.25) is 5.02 Å². The molecule has 1 N–H and O–H groups in total. The minimum atomic E-state index is 0.431. The summed E-state index contributed by atoms with van der Waals surface area (Å²) in [6, 6.07) is 8.72. The second-order valence-electron chi connectivity index (χ2n) is 5.40. The zero-order valence-corrected chi connectivity index (χ0v) is 12.2. The van der Waals surface area contributed by atoms with E-state index in [1.165, 1.54) is 31.2 Å². The van der Waals surface area contributed by atoms with Crippen LogP contribution in [-0.2, 0) is 0 Å². The molecule has 0 aromatic heterocycles. The van der Waals surface area contributed by atoms with Gasteiger partial charge in [-0.25, -0.2) is 0 Å². The number of rotatable bonds is 5. The molecule has 1 aliphatic rings. The Morgan fingerprint density at radius 1 is 1.28 bits per heavy atom. The van der Waals surface area contributed by atoms with Gasteiger partial charge in [0.2, 0.25) is 0 Å². The molecule has 2 rings (SSSR count). The molecule has 0 saturated heterocycles. The number of halogens is 1. The number of hydrogen-bond acceptors (Lipinski definition) is 1. The van der Waals surface area contributed by atoms with Crippen LogP contribution in [-0.4, -0.2) is 6.54 Å². The van der Waals surface area contributed by atoms with Crippen molar-refractivity contribution in [3.63, 3.8) is 0 Å². The lowest BCUT2D eigenvalue weighted by Crippen LogP contribution is -2.27. The van der Waals surface area contributed by atoms with Crippen molar-refractivity contribution in [2.75, 3.05) is 6.54 Å². The Hall–Kier alpha value is -0.530. The van der Waals surface area contributed by atoms with Crippen LogP contribution < -0.4 is 5.32 Å². The molecule has 1 aromatic carbocycles. The summed E-state index contributed by atoms with van der Waals surface area (Å²) < 4.78 is 0. The van der Waals surface area contributed by atoms with Crippen molar-refractivity contribution in [1.82, 2.24) is 5.32 Å². The number of nitrogens with one attached hydrogen (secondary N) is 1. The molecule has 100 valence electrons. The summed E-state index contributed by atoms with van der Waals surface area (Å²) in [7, 11) is 0. The zero-order chi connectivity index (χ0) is 13.0. The predicted molar refractivity (Wildman–Crippen MR) is 79.0 cm³/mol. The van der Waals surface area contributed by atoms with E-state index in [4.69, 9.17) is 11.6 Å². The van der Waals surface area contributed by atoms with Gasteiger partial charge in [0.1, 0.15) is 0 Å². The second-order valence-corrected chi connectivity index (χ2v) is 5.81. The fraction of sp³-hybridized carbons (Fsp3) is 0.625. The Morgan fingerprint density at radius 3 is 2.67 bits per heavy atom. The van der Waals surface area contributed by atoms with Crippen molar-refractivity contribution in [1.29, 1.82) is 0 Å². The summed E-state index contributed by atoms with van der Waals surface area (Å²) >= 11 is 6.36. The van der Waals surface area contributed by atoms with Crippen molar-refractivity contribution in [3.8, 4) is 0 Å². The lowest BCUT2D eigenvalue weighted by molar-refractivity contribution is 0.359.